The molecule has 6 N–H and O–H groups in total. The van der Waals surface area contributed by atoms with Gasteiger partial charge in [-0.15, -0.1) is 12.4 Å². The lowest BCUT2D eigenvalue weighted by Gasteiger charge is -2.28. The van der Waals surface area contributed by atoms with E-state index in [2.05, 4.69) is 15.0 Å². The Kier molecular flexibility index (Phi) is 5.40. The van der Waals surface area contributed by atoms with Gasteiger partial charge in [-0.25, -0.2) is 4.98 Å². The van der Waals surface area contributed by atoms with Crippen LogP contribution in [0, 0.1) is 0 Å². The third-order valence-electron chi connectivity index (χ3n) is 4.27. The van der Waals surface area contributed by atoms with Crippen LogP contribution in [0.25, 0.3) is 11.0 Å². The Morgan fingerprint density at radius 2 is 1.74 bits per heavy atom. The van der Waals surface area contributed by atoms with Crippen molar-refractivity contribution in [1.29, 1.82) is 0 Å². The summed E-state index contributed by atoms with van der Waals surface area (Å²) in [5, 5.41) is 38.9. The molecule has 3 rings (SSSR count). The monoisotopic (exact) mass is 346 g/mol. The van der Waals surface area contributed by atoms with E-state index in [-0.39, 0.29) is 37.7 Å². The summed E-state index contributed by atoms with van der Waals surface area (Å²) in [6, 6.07) is -1.39. The number of aromatic amines is 2. The zero-order chi connectivity index (χ0) is 15.9. The number of aliphatic hydroxyl groups is 4. The molecule has 2 aromatic heterocycles. The van der Waals surface area contributed by atoms with Crippen LogP contribution in [0.4, 0.5) is 0 Å². The van der Waals surface area contributed by atoms with Crippen molar-refractivity contribution in [3.8, 4) is 0 Å². The molecule has 0 aliphatic carbocycles. The molecule has 0 aromatic carbocycles. The van der Waals surface area contributed by atoms with Crippen LogP contribution in [0.2, 0.25) is 0 Å². The topological polar surface area (TPSA) is 146 Å². The van der Waals surface area contributed by atoms with Crippen LogP contribution >= 0.6 is 12.4 Å². The molecule has 2 aromatic rings. The molecule has 1 saturated heterocycles. The van der Waals surface area contributed by atoms with Crippen molar-refractivity contribution in [2.75, 3.05) is 13.2 Å². The largest absolute Gasteiger partial charge is 0.395 e. The molecular weight excluding hydrogens is 328 g/mol. The van der Waals surface area contributed by atoms with Crippen LogP contribution in [0.5, 0.6) is 0 Å². The number of halogens is 1. The van der Waals surface area contributed by atoms with Gasteiger partial charge in [-0.2, -0.15) is 0 Å². The van der Waals surface area contributed by atoms with Gasteiger partial charge in [0.25, 0.3) is 5.56 Å². The first-order chi connectivity index (χ1) is 10.6. The molecule has 3 heterocycles. The summed E-state index contributed by atoms with van der Waals surface area (Å²) in [7, 11) is 0. The van der Waals surface area contributed by atoms with Crippen molar-refractivity contribution in [2.45, 2.75) is 30.8 Å². The molecule has 0 bridgehead atoms. The summed E-state index contributed by atoms with van der Waals surface area (Å²) in [5.41, 5.74) is 1.20. The van der Waals surface area contributed by atoms with E-state index in [1.807, 2.05) is 0 Å². The van der Waals surface area contributed by atoms with Crippen molar-refractivity contribution >= 4 is 23.4 Å². The molecule has 128 valence electrons. The van der Waals surface area contributed by atoms with Crippen molar-refractivity contribution < 1.29 is 20.4 Å². The Morgan fingerprint density at radius 3 is 2.30 bits per heavy atom. The fraction of sp³-hybridized carbons (Fsp3) is 0.538. The molecule has 0 unspecified atom stereocenters. The van der Waals surface area contributed by atoms with E-state index in [1.54, 1.807) is 11.1 Å². The van der Waals surface area contributed by atoms with E-state index in [9.17, 15) is 25.2 Å². The van der Waals surface area contributed by atoms with Crippen LogP contribution in [0.3, 0.4) is 0 Å². The minimum Gasteiger partial charge on any atom is -0.395 e. The zero-order valence-corrected chi connectivity index (χ0v) is 12.9. The van der Waals surface area contributed by atoms with Crippen molar-refractivity contribution in [3.63, 3.8) is 0 Å². The molecule has 0 radical (unpaired) electrons. The quantitative estimate of drug-likeness (QED) is 0.373. The van der Waals surface area contributed by atoms with E-state index >= 15 is 0 Å². The van der Waals surface area contributed by atoms with Gasteiger partial charge >= 0.3 is 0 Å². The average molecular weight is 347 g/mol. The standard InChI is InChI=1S/C13H18N4O5.ClH/c18-3-7-11(20)12(21)8(4-19)17(7)2-6-1-14-10-9(6)15-5-16-13(10)22;/h1,5,7-8,11-12,14,18-21H,2-4H2,(H,15,16,22);1H/t7-,8-,11+,12+;/m0./s1. The number of aliphatic hydroxyl groups excluding tert-OH is 4. The predicted molar refractivity (Wildman–Crippen MR) is 83.3 cm³/mol. The lowest BCUT2D eigenvalue weighted by atomic mass is 10.1. The molecule has 0 spiro atoms. The Morgan fingerprint density at radius 1 is 1.13 bits per heavy atom. The Balaban J connectivity index is 0.00000192. The Bertz CT molecular complexity index is 704. The predicted octanol–water partition coefficient (Wildman–Crippen LogP) is -2.07. The molecule has 23 heavy (non-hydrogen) atoms. The minimum absolute atomic E-state index is 0. The van der Waals surface area contributed by atoms with E-state index < -0.39 is 24.3 Å². The SMILES string of the molecule is Cl.O=c1[nH]cnc2c(CN3[C@@H](CO)[C@@H](O)[C@H](O)[C@@H]3CO)c[nH]c12. The fourth-order valence-corrected chi connectivity index (χ4v) is 3.08. The molecule has 9 nitrogen and oxygen atoms in total. The van der Waals surface area contributed by atoms with Crippen LogP contribution in [0.1, 0.15) is 5.56 Å². The van der Waals surface area contributed by atoms with Gasteiger partial charge in [0.05, 0.1) is 49.3 Å². The van der Waals surface area contributed by atoms with E-state index in [1.165, 1.54) is 6.33 Å². The summed E-state index contributed by atoms with van der Waals surface area (Å²) in [5.74, 6) is 0. The summed E-state index contributed by atoms with van der Waals surface area (Å²) in [4.78, 5) is 22.7. The molecule has 0 amide bonds. The lowest BCUT2D eigenvalue weighted by Crippen LogP contribution is -2.42. The summed E-state index contributed by atoms with van der Waals surface area (Å²) in [6.07, 6.45) is 0.614. The number of nitrogens with one attached hydrogen (secondary N) is 2. The maximum absolute atomic E-state index is 11.7. The highest BCUT2D eigenvalue weighted by atomic mass is 35.5. The second-order valence-corrected chi connectivity index (χ2v) is 5.42. The highest BCUT2D eigenvalue weighted by Gasteiger charge is 2.46. The number of fused-ring (bicyclic) bond motifs is 1. The van der Waals surface area contributed by atoms with E-state index in [4.69, 9.17) is 0 Å². The first kappa shape index (κ1) is 17.9. The van der Waals surface area contributed by atoms with Crippen LogP contribution in [-0.4, -0.2) is 77.8 Å². The molecular formula is C13H19ClN4O5. The third kappa shape index (κ3) is 2.87. The van der Waals surface area contributed by atoms with Crippen molar-refractivity contribution in [2.24, 2.45) is 0 Å². The second-order valence-electron chi connectivity index (χ2n) is 5.42. The first-order valence-electron chi connectivity index (χ1n) is 6.95. The van der Waals surface area contributed by atoms with Gasteiger partial charge in [-0.1, -0.05) is 0 Å². The van der Waals surface area contributed by atoms with Gasteiger partial charge in [0.2, 0.25) is 0 Å². The number of H-pyrrole nitrogens is 2. The minimum atomic E-state index is -1.15. The van der Waals surface area contributed by atoms with E-state index in [0.29, 0.717) is 16.6 Å². The summed E-state index contributed by atoms with van der Waals surface area (Å²) in [6.45, 7) is -0.489. The highest BCUT2D eigenvalue weighted by Crippen LogP contribution is 2.28. The molecule has 1 fully saturated rings. The van der Waals surface area contributed by atoms with Crippen LogP contribution < -0.4 is 5.56 Å². The molecule has 1 aliphatic heterocycles. The number of nitrogens with zero attached hydrogens (tertiary/aromatic N) is 2. The molecule has 0 saturated carbocycles. The van der Waals surface area contributed by atoms with Crippen LogP contribution in [0.15, 0.2) is 17.3 Å². The molecule has 10 heteroatoms. The van der Waals surface area contributed by atoms with Crippen LogP contribution in [-0.2, 0) is 6.54 Å². The van der Waals surface area contributed by atoms with E-state index in [0.717, 1.165) is 0 Å². The average Bonchev–Trinajstić information content (AvgIpc) is 3.01. The van der Waals surface area contributed by atoms with Gasteiger partial charge in [-0.05, 0) is 0 Å². The number of rotatable bonds is 4. The lowest BCUT2D eigenvalue weighted by molar-refractivity contribution is 0.0130. The first-order valence-corrected chi connectivity index (χ1v) is 6.95. The summed E-state index contributed by atoms with van der Waals surface area (Å²) < 4.78 is 0. The van der Waals surface area contributed by atoms with Gasteiger partial charge in [0.15, 0.2) is 0 Å². The number of hydrogen-bond donors (Lipinski definition) is 6. The number of aromatic nitrogens is 3. The third-order valence-corrected chi connectivity index (χ3v) is 4.27. The Hall–Kier alpha value is -1.49. The van der Waals surface area contributed by atoms with Gasteiger partial charge in [0, 0.05) is 18.3 Å². The van der Waals surface area contributed by atoms with Crippen molar-refractivity contribution in [1.82, 2.24) is 19.9 Å². The number of likely N-dealkylation sites (tertiary alicyclic amines) is 1. The fourth-order valence-electron chi connectivity index (χ4n) is 3.08. The second kappa shape index (κ2) is 6.95. The summed E-state index contributed by atoms with van der Waals surface area (Å²) >= 11 is 0. The zero-order valence-electron chi connectivity index (χ0n) is 12.1. The maximum Gasteiger partial charge on any atom is 0.275 e. The normalized spacial score (nSPS) is 28.2. The molecule has 1 aliphatic rings. The Labute approximate surface area is 137 Å². The number of hydrogen-bond acceptors (Lipinski definition) is 7. The maximum atomic E-state index is 11.7. The van der Waals surface area contributed by atoms with Gasteiger partial charge in [0.1, 0.15) is 5.52 Å². The van der Waals surface area contributed by atoms with Gasteiger partial charge in [-0.3, -0.25) is 9.69 Å². The van der Waals surface area contributed by atoms with Gasteiger partial charge < -0.3 is 30.4 Å². The van der Waals surface area contributed by atoms with Crippen molar-refractivity contribution in [3.05, 3.63) is 28.4 Å². The highest BCUT2D eigenvalue weighted by molar-refractivity contribution is 5.85. The molecule has 4 atom stereocenters. The smallest absolute Gasteiger partial charge is 0.275 e.